The van der Waals surface area contributed by atoms with E-state index in [1.54, 1.807) is 6.92 Å². The lowest BCUT2D eigenvalue weighted by Gasteiger charge is -2.14. The van der Waals surface area contributed by atoms with Gasteiger partial charge >= 0.3 is 0 Å². The number of anilines is 1. The molecule has 0 aliphatic heterocycles. The zero-order chi connectivity index (χ0) is 18.4. The van der Waals surface area contributed by atoms with E-state index < -0.39 is 15.9 Å². The summed E-state index contributed by atoms with van der Waals surface area (Å²) in [6, 6.07) is 0. The molecule has 138 valence electrons. The van der Waals surface area contributed by atoms with E-state index in [1.165, 1.54) is 11.3 Å². The highest BCUT2D eigenvalue weighted by Crippen LogP contribution is 2.26. The van der Waals surface area contributed by atoms with E-state index >= 15 is 0 Å². The molecule has 0 saturated carbocycles. The van der Waals surface area contributed by atoms with E-state index in [-0.39, 0.29) is 23.6 Å². The van der Waals surface area contributed by atoms with Crippen LogP contribution < -0.4 is 10.0 Å². The van der Waals surface area contributed by atoms with Crippen molar-refractivity contribution in [2.24, 2.45) is 5.92 Å². The van der Waals surface area contributed by atoms with Gasteiger partial charge in [-0.3, -0.25) is 4.79 Å². The van der Waals surface area contributed by atoms with Gasteiger partial charge < -0.3 is 10.1 Å². The zero-order valence-corrected chi connectivity index (χ0v) is 16.5. The summed E-state index contributed by atoms with van der Waals surface area (Å²) in [4.78, 5) is 16.5. The van der Waals surface area contributed by atoms with Crippen LogP contribution in [-0.2, 0) is 25.0 Å². The summed E-state index contributed by atoms with van der Waals surface area (Å²) < 4.78 is 31.4. The molecule has 0 spiro atoms. The highest BCUT2D eigenvalue weighted by molar-refractivity contribution is 7.89. The van der Waals surface area contributed by atoms with Gasteiger partial charge in [0.05, 0.1) is 24.0 Å². The molecule has 24 heavy (non-hydrogen) atoms. The van der Waals surface area contributed by atoms with Crippen LogP contribution in [0, 0.1) is 5.92 Å². The Labute approximate surface area is 148 Å². The van der Waals surface area contributed by atoms with Crippen molar-refractivity contribution in [1.29, 1.82) is 0 Å². The molecular formula is C15H27N3O4S2. The van der Waals surface area contributed by atoms with Gasteiger partial charge in [0, 0.05) is 23.9 Å². The van der Waals surface area contributed by atoms with Crippen molar-refractivity contribution in [2.75, 3.05) is 30.8 Å². The Kier molecular flexibility index (Phi) is 7.78. The van der Waals surface area contributed by atoms with Crippen molar-refractivity contribution < 1.29 is 17.9 Å². The Balaban J connectivity index is 2.54. The van der Waals surface area contributed by atoms with Crippen LogP contribution in [0.5, 0.6) is 0 Å². The predicted molar refractivity (Wildman–Crippen MR) is 96.9 cm³/mol. The Morgan fingerprint density at radius 2 is 2.08 bits per heavy atom. The van der Waals surface area contributed by atoms with E-state index in [2.05, 4.69) is 15.0 Å². The number of hydrogen-bond acceptors (Lipinski definition) is 6. The molecule has 9 heteroatoms. The molecule has 1 aromatic heterocycles. The molecule has 0 saturated heterocycles. The first-order chi connectivity index (χ1) is 11.0. The molecule has 1 aromatic rings. The minimum Gasteiger partial charge on any atom is -0.380 e. The lowest BCUT2D eigenvalue weighted by atomic mass is 9.93. The summed E-state index contributed by atoms with van der Waals surface area (Å²) in [5.41, 5.74) is 0.791. The van der Waals surface area contributed by atoms with Crippen LogP contribution in [-0.4, -0.2) is 44.8 Å². The largest absolute Gasteiger partial charge is 0.380 e. The number of aromatic nitrogens is 1. The van der Waals surface area contributed by atoms with Gasteiger partial charge in [-0.25, -0.2) is 18.1 Å². The molecule has 0 aliphatic rings. The van der Waals surface area contributed by atoms with Crippen molar-refractivity contribution in [3.05, 3.63) is 11.1 Å². The average molecular weight is 378 g/mol. The number of amides is 1. The molecule has 0 fully saturated rings. The van der Waals surface area contributed by atoms with Crippen molar-refractivity contribution in [3.63, 3.8) is 0 Å². The molecule has 2 N–H and O–H groups in total. The zero-order valence-electron chi connectivity index (χ0n) is 14.9. The summed E-state index contributed by atoms with van der Waals surface area (Å²) in [5, 5.41) is 5.06. The first-order valence-electron chi connectivity index (χ1n) is 7.87. The highest BCUT2D eigenvalue weighted by atomic mass is 32.2. The third-order valence-electron chi connectivity index (χ3n) is 3.19. The maximum atomic E-state index is 12.2. The van der Waals surface area contributed by atoms with Crippen molar-refractivity contribution in [3.8, 4) is 0 Å². The van der Waals surface area contributed by atoms with Crippen LogP contribution in [0.3, 0.4) is 0 Å². The minimum atomic E-state index is -3.52. The smallest absolute Gasteiger partial charge is 0.230 e. The van der Waals surface area contributed by atoms with E-state index in [1.807, 2.05) is 33.1 Å². The molecular weight excluding hydrogens is 350 g/mol. The number of carbonyl (C=O) groups is 1. The van der Waals surface area contributed by atoms with Gasteiger partial charge in [0.2, 0.25) is 15.9 Å². The minimum absolute atomic E-state index is 0.0983. The van der Waals surface area contributed by atoms with Gasteiger partial charge in [-0.15, -0.1) is 11.3 Å². The highest BCUT2D eigenvalue weighted by Gasteiger charge is 2.23. The van der Waals surface area contributed by atoms with Gasteiger partial charge in [0.15, 0.2) is 5.13 Å². The van der Waals surface area contributed by atoms with Gasteiger partial charge in [-0.1, -0.05) is 27.7 Å². The predicted octanol–water partition coefficient (Wildman–Crippen LogP) is 1.97. The second-order valence-corrected chi connectivity index (χ2v) is 9.26. The summed E-state index contributed by atoms with van der Waals surface area (Å²) in [7, 11) is -3.52. The van der Waals surface area contributed by atoms with E-state index in [0.29, 0.717) is 18.3 Å². The number of thiazole rings is 1. The van der Waals surface area contributed by atoms with Gasteiger partial charge in [-0.2, -0.15) is 0 Å². The number of rotatable bonds is 9. The van der Waals surface area contributed by atoms with Crippen LogP contribution in [0.4, 0.5) is 5.13 Å². The number of nitrogens with one attached hydrogen (secondary N) is 2. The topological polar surface area (TPSA) is 97.4 Å². The normalized spacial score (nSPS) is 13.7. The number of ether oxygens (including phenoxy) is 1. The molecule has 7 nitrogen and oxygen atoms in total. The molecule has 0 bridgehead atoms. The molecule has 0 radical (unpaired) electrons. The quantitative estimate of drug-likeness (QED) is 0.641. The number of nitrogens with zero attached hydrogens (tertiary/aromatic N) is 1. The van der Waals surface area contributed by atoms with E-state index in [0.717, 1.165) is 5.69 Å². The van der Waals surface area contributed by atoms with Crippen molar-refractivity contribution in [2.45, 2.75) is 40.0 Å². The van der Waals surface area contributed by atoms with Crippen LogP contribution in [0.15, 0.2) is 5.38 Å². The Morgan fingerprint density at radius 3 is 2.62 bits per heavy atom. The summed E-state index contributed by atoms with van der Waals surface area (Å²) >= 11 is 1.33. The van der Waals surface area contributed by atoms with Crippen LogP contribution in [0.1, 0.15) is 40.3 Å². The fourth-order valence-electron chi connectivity index (χ4n) is 1.78. The Morgan fingerprint density at radius 1 is 1.42 bits per heavy atom. The maximum Gasteiger partial charge on any atom is 0.230 e. The number of carbonyl (C=O) groups excluding carboxylic acids is 1. The second kappa shape index (κ2) is 8.89. The van der Waals surface area contributed by atoms with E-state index in [4.69, 9.17) is 4.74 Å². The average Bonchev–Trinajstić information content (AvgIpc) is 2.91. The molecule has 0 aromatic carbocycles. The fourth-order valence-corrected chi connectivity index (χ4v) is 4.04. The third-order valence-corrected chi connectivity index (χ3v) is 5.53. The maximum absolute atomic E-state index is 12.2. The second-order valence-electron chi connectivity index (χ2n) is 6.55. The molecule has 1 amide bonds. The lowest BCUT2D eigenvalue weighted by molar-refractivity contribution is -0.118. The van der Waals surface area contributed by atoms with Gasteiger partial charge in [0.1, 0.15) is 0 Å². The van der Waals surface area contributed by atoms with Crippen LogP contribution in [0.2, 0.25) is 0 Å². The Hall–Kier alpha value is -1.03. The molecule has 1 unspecified atom stereocenters. The summed E-state index contributed by atoms with van der Waals surface area (Å²) in [6.45, 7) is 10.6. The van der Waals surface area contributed by atoms with Gasteiger partial charge in [0.25, 0.3) is 0 Å². The molecule has 1 atom stereocenters. The fraction of sp³-hybridized carbons (Fsp3) is 0.733. The van der Waals surface area contributed by atoms with Gasteiger partial charge in [-0.05, 0) is 6.92 Å². The number of hydrogen-bond donors (Lipinski definition) is 2. The van der Waals surface area contributed by atoms with Crippen molar-refractivity contribution >= 4 is 32.4 Å². The van der Waals surface area contributed by atoms with Crippen LogP contribution in [0.25, 0.3) is 0 Å². The molecule has 1 heterocycles. The third kappa shape index (κ3) is 7.25. The Bertz CT molecular complexity index is 635. The lowest BCUT2D eigenvalue weighted by Crippen LogP contribution is -2.35. The van der Waals surface area contributed by atoms with E-state index in [9.17, 15) is 13.2 Å². The molecule has 0 aliphatic carbocycles. The number of sulfonamides is 1. The SMILES string of the molecule is CCOCCNS(=O)(=O)CC(C)C(=O)Nc1nc(C(C)(C)C)cs1. The first-order valence-corrected chi connectivity index (χ1v) is 10.4. The summed E-state index contributed by atoms with van der Waals surface area (Å²) in [5.74, 6) is -1.32. The molecule has 1 rings (SSSR count). The van der Waals surface area contributed by atoms with Crippen molar-refractivity contribution in [1.82, 2.24) is 9.71 Å². The monoisotopic (exact) mass is 377 g/mol. The standard InChI is InChI=1S/C15H27N3O4S2/c1-6-22-8-7-16-24(20,21)10-11(2)13(19)18-14-17-12(9-23-14)15(3,4)5/h9,11,16H,6-8,10H2,1-5H3,(H,17,18,19). The summed E-state index contributed by atoms with van der Waals surface area (Å²) in [6.07, 6.45) is 0. The van der Waals surface area contributed by atoms with Crippen LogP contribution >= 0.6 is 11.3 Å². The first kappa shape index (κ1) is 21.0.